The van der Waals surface area contributed by atoms with E-state index < -0.39 is 0 Å². The highest BCUT2D eigenvalue weighted by Gasteiger charge is 2.07. The Kier molecular flexibility index (Phi) is 3.11. The van der Waals surface area contributed by atoms with Gasteiger partial charge in [0.2, 0.25) is 0 Å². The summed E-state index contributed by atoms with van der Waals surface area (Å²) in [6.45, 7) is 0.532. The average Bonchev–Trinajstić information content (AvgIpc) is 2.48. The van der Waals surface area contributed by atoms with Crippen molar-refractivity contribution in [2.45, 2.75) is 6.42 Å². The molecule has 2 aromatic rings. The van der Waals surface area contributed by atoms with Gasteiger partial charge in [-0.05, 0) is 29.7 Å². The van der Waals surface area contributed by atoms with Gasteiger partial charge in [0.1, 0.15) is 24.3 Å². The van der Waals surface area contributed by atoms with Crippen LogP contribution < -0.4 is 4.74 Å². The van der Waals surface area contributed by atoms with Gasteiger partial charge in [-0.15, -0.1) is 0 Å². The number of rotatable bonds is 3. The van der Waals surface area contributed by atoms with Gasteiger partial charge in [0.25, 0.3) is 0 Å². The molecule has 0 spiro atoms. The number of fused-ring (bicyclic) bond motifs is 1. The fraction of sp³-hybridized carbons (Fsp3) is 0.125. The van der Waals surface area contributed by atoms with E-state index >= 15 is 0 Å². The van der Waals surface area contributed by atoms with Crippen molar-refractivity contribution in [3.63, 3.8) is 0 Å². The normalized spacial score (nSPS) is 12.6. The first-order valence-electron chi connectivity index (χ1n) is 6.17. The molecule has 0 saturated carbocycles. The molecule has 3 heteroatoms. The molecule has 19 heavy (non-hydrogen) atoms. The van der Waals surface area contributed by atoms with Gasteiger partial charge >= 0.3 is 0 Å². The zero-order valence-electron chi connectivity index (χ0n) is 10.4. The Hall–Kier alpha value is -2.42. The van der Waals surface area contributed by atoms with Crippen molar-refractivity contribution in [3.05, 3.63) is 59.2 Å². The van der Waals surface area contributed by atoms with Gasteiger partial charge in [0, 0.05) is 11.8 Å². The van der Waals surface area contributed by atoms with Gasteiger partial charge in [-0.1, -0.05) is 30.3 Å². The van der Waals surface area contributed by atoms with Crippen LogP contribution in [0.5, 0.6) is 5.75 Å². The maximum Gasteiger partial charge on any atom is 0.150 e. The van der Waals surface area contributed by atoms with Crippen LogP contribution in [0.25, 0.3) is 0 Å². The maximum absolute atomic E-state index is 10.6. The summed E-state index contributed by atoms with van der Waals surface area (Å²) in [6, 6.07) is 13.7. The first-order chi connectivity index (χ1) is 9.35. The minimum Gasteiger partial charge on any atom is -0.486 e. The Labute approximate surface area is 111 Å². The Morgan fingerprint density at radius 1 is 1.11 bits per heavy atom. The fourth-order valence-electron chi connectivity index (χ4n) is 2.10. The molecular formula is C16H13NO2. The third-order valence-corrected chi connectivity index (χ3v) is 3.09. The molecule has 0 fully saturated rings. The molecule has 0 atom stereocenters. The number of hydrogen-bond donors (Lipinski definition) is 0. The van der Waals surface area contributed by atoms with Crippen LogP contribution in [0.3, 0.4) is 0 Å². The SMILES string of the molecule is O=Cc1ccc(Cc2ccc3c(c2)OCC=N3)cc1. The molecular weight excluding hydrogens is 238 g/mol. The van der Waals surface area contributed by atoms with E-state index in [4.69, 9.17) is 4.74 Å². The minimum absolute atomic E-state index is 0.532. The van der Waals surface area contributed by atoms with E-state index in [1.165, 1.54) is 11.1 Å². The van der Waals surface area contributed by atoms with Crippen LogP contribution in [0, 0.1) is 0 Å². The molecule has 0 radical (unpaired) electrons. The molecule has 0 bridgehead atoms. The summed E-state index contributed by atoms with van der Waals surface area (Å²) in [5.74, 6) is 0.838. The lowest BCUT2D eigenvalue weighted by atomic mass is 10.0. The van der Waals surface area contributed by atoms with Crippen LogP contribution in [-0.4, -0.2) is 19.1 Å². The molecule has 2 aromatic carbocycles. The minimum atomic E-state index is 0.532. The fourth-order valence-corrected chi connectivity index (χ4v) is 2.10. The Balaban J connectivity index is 1.82. The molecule has 0 aromatic heterocycles. The molecule has 1 heterocycles. The van der Waals surface area contributed by atoms with Crippen molar-refractivity contribution < 1.29 is 9.53 Å². The summed E-state index contributed by atoms with van der Waals surface area (Å²) in [4.78, 5) is 14.9. The summed E-state index contributed by atoms with van der Waals surface area (Å²) in [5, 5.41) is 0. The van der Waals surface area contributed by atoms with Crippen molar-refractivity contribution >= 4 is 18.2 Å². The van der Waals surface area contributed by atoms with Gasteiger partial charge < -0.3 is 4.74 Å². The second-order valence-electron chi connectivity index (χ2n) is 4.46. The highest BCUT2D eigenvalue weighted by atomic mass is 16.5. The molecule has 0 saturated heterocycles. The zero-order chi connectivity index (χ0) is 13.1. The quantitative estimate of drug-likeness (QED) is 0.786. The zero-order valence-corrected chi connectivity index (χ0v) is 10.4. The number of ether oxygens (including phenoxy) is 1. The van der Waals surface area contributed by atoms with Gasteiger partial charge in [-0.3, -0.25) is 9.79 Å². The van der Waals surface area contributed by atoms with Crippen LogP contribution in [0.15, 0.2) is 47.5 Å². The second kappa shape index (κ2) is 5.06. The number of aliphatic imine (C=N–C) groups is 1. The van der Waals surface area contributed by atoms with Gasteiger partial charge in [0.05, 0.1) is 0 Å². The highest BCUT2D eigenvalue weighted by Crippen LogP contribution is 2.31. The summed E-state index contributed by atoms with van der Waals surface area (Å²) < 4.78 is 5.54. The lowest BCUT2D eigenvalue weighted by Gasteiger charge is -2.12. The lowest BCUT2D eigenvalue weighted by molar-refractivity contribution is 0.112. The summed E-state index contributed by atoms with van der Waals surface area (Å²) >= 11 is 0. The third kappa shape index (κ3) is 2.55. The Morgan fingerprint density at radius 3 is 2.68 bits per heavy atom. The van der Waals surface area contributed by atoms with Crippen LogP contribution >= 0.6 is 0 Å². The highest BCUT2D eigenvalue weighted by molar-refractivity contribution is 5.74. The van der Waals surface area contributed by atoms with Gasteiger partial charge in [0.15, 0.2) is 0 Å². The first-order valence-corrected chi connectivity index (χ1v) is 6.17. The number of carbonyl (C=O) groups excluding carboxylic acids is 1. The summed E-state index contributed by atoms with van der Waals surface area (Å²) in [6.07, 6.45) is 3.44. The molecule has 3 rings (SSSR count). The van der Waals surface area contributed by atoms with E-state index in [2.05, 4.69) is 11.1 Å². The van der Waals surface area contributed by atoms with E-state index in [0.717, 1.165) is 24.1 Å². The second-order valence-corrected chi connectivity index (χ2v) is 4.46. The molecule has 0 aliphatic carbocycles. The number of aldehydes is 1. The molecule has 0 unspecified atom stereocenters. The number of hydrogen-bond acceptors (Lipinski definition) is 3. The average molecular weight is 251 g/mol. The van der Waals surface area contributed by atoms with Crippen molar-refractivity contribution in [2.75, 3.05) is 6.61 Å². The lowest BCUT2D eigenvalue weighted by Crippen LogP contribution is -2.03. The number of benzene rings is 2. The smallest absolute Gasteiger partial charge is 0.150 e. The van der Waals surface area contributed by atoms with E-state index in [0.29, 0.717) is 12.2 Å². The molecule has 3 nitrogen and oxygen atoms in total. The predicted octanol–water partition coefficient (Wildman–Crippen LogP) is 3.18. The molecule has 0 amide bonds. The monoisotopic (exact) mass is 251 g/mol. The molecule has 1 aliphatic heterocycles. The molecule has 94 valence electrons. The standard InChI is InChI=1S/C16H13NO2/c18-11-13-3-1-12(2-4-13)9-14-5-6-15-16(10-14)19-8-7-17-15/h1-7,10-11H,8-9H2. The molecule has 0 N–H and O–H groups in total. The van der Waals surface area contributed by atoms with Crippen LogP contribution in [-0.2, 0) is 6.42 Å². The van der Waals surface area contributed by atoms with Gasteiger partial charge in [-0.25, -0.2) is 0 Å². The maximum atomic E-state index is 10.6. The summed E-state index contributed by atoms with van der Waals surface area (Å²) in [7, 11) is 0. The van der Waals surface area contributed by atoms with Crippen LogP contribution in [0.4, 0.5) is 5.69 Å². The van der Waals surface area contributed by atoms with E-state index in [1.54, 1.807) is 6.21 Å². The van der Waals surface area contributed by atoms with Crippen molar-refractivity contribution in [1.82, 2.24) is 0 Å². The van der Waals surface area contributed by atoms with E-state index in [-0.39, 0.29) is 0 Å². The van der Waals surface area contributed by atoms with Crippen LogP contribution in [0.1, 0.15) is 21.5 Å². The number of carbonyl (C=O) groups is 1. The predicted molar refractivity (Wildman–Crippen MR) is 74.7 cm³/mol. The molecule has 1 aliphatic rings. The van der Waals surface area contributed by atoms with Crippen molar-refractivity contribution in [1.29, 1.82) is 0 Å². The number of nitrogens with zero attached hydrogens (tertiary/aromatic N) is 1. The first kappa shape index (κ1) is 11.7. The third-order valence-electron chi connectivity index (χ3n) is 3.09. The topological polar surface area (TPSA) is 38.7 Å². The largest absolute Gasteiger partial charge is 0.486 e. The van der Waals surface area contributed by atoms with Crippen molar-refractivity contribution in [3.8, 4) is 5.75 Å². The van der Waals surface area contributed by atoms with E-state index in [9.17, 15) is 4.79 Å². The Bertz CT molecular complexity index is 630. The van der Waals surface area contributed by atoms with Crippen molar-refractivity contribution in [2.24, 2.45) is 4.99 Å². The van der Waals surface area contributed by atoms with Crippen LogP contribution in [0.2, 0.25) is 0 Å². The van der Waals surface area contributed by atoms with Gasteiger partial charge in [-0.2, -0.15) is 0 Å². The van der Waals surface area contributed by atoms with E-state index in [1.807, 2.05) is 36.4 Å². The summed E-state index contributed by atoms with van der Waals surface area (Å²) in [5.41, 5.74) is 3.93. The Morgan fingerprint density at radius 2 is 1.89 bits per heavy atom.